The van der Waals surface area contributed by atoms with Gasteiger partial charge in [0.05, 0.1) is 35.3 Å². The highest BCUT2D eigenvalue weighted by molar-refractivity contribution is 7.92. The zero-order valence-electron chi connectivity index (χ0n) is 23.6. The largest absolute Gasteiger partial charge is 0.490 e. The number of ether oxygens (including phenoxy) is 2. The Morgan fingerprint density at radius 1 is 1.13 bits per heavy atom. The minimum atomic E-state index is -3.87. The van der Waals surface area contributed by atoms with Gasteiger partial charge >= 0.3 is 0 Å². The first-order valence-electron chi connectivity index (χ1n) is 13.6. The van der Waals surface area contributed by atoms with E-state index in [1.54, 1.807) is 48.2 Å². The number of nitrogens with zero attached hydrogens (tertiary/aromatic N) is 1. The zero-order valence-corrected chi connectivity index (χ0v) is 24.5. The van der Waals surface area contributed by atoms with E-state index in [-0.39, 0.29) is 46.8 Å². The number of hydrogen-bond acceptors (Lipinski definition) is 7. The summed E-state index contributed by atoms with van der Waals surface area (Å²) in [7, 11) is -2.00. The van der Waals surface area contributed by atoms with Gasteiger partial charge in [-0.25, -0.2) is 8.42 Å². The standard InChI is InChI=1S/C29H43N3O6S/c1-20-9-12-25(13-10-20)39(35,36)31-24-11-14-27-26(16-24)29(34)32(22(3)19-33)18-21(2)28(17-30-5)37-15-7-6-8-23(4)38-27/h9-14,16,21-23,28,30-31,33H,6-8,15,17-19H2,1-5H3/t21-,22-,23+,28+/m0/s1. The van der Waals surface area contributed by atoms with Gasteiger partial charge < -0.3 is 24.8 Å². The van der Waals surface area contributed by atoms with Crippen LogP contribution in [-0.2, 0) is 14.8 Å². The number of sulfonamides is 1. The molecule has 0 spiro atoms. The van der Waals surface area contributed by atoms with Gasteiger partial charge in [0, 0.05) is 31.3 Å². The Hall–Kier alpha value is -2.66. The minimum absolute atomic E-state index is 0.0233. The summed E-state index contributed by atoms with van der Waals surface area (Å²) < 4.78 is 41.1. The molecule has 1 heterocycles. The molecule has 1 amide bonds. The van der Waals surface area contributed by atoms with Crippen molar-refractivity contribution in [1.29, 1.82) is 0 Å². The summed E-state index contributed by atoms with van der Waals surface area (Å²) in [5.74, 6) is 0.0146. The van der Waals surface area contributed by atoms with Crippen LogP contribution in [0.5, 0.6) is 5.75 Å². The molecule has 2 aromatic carbocycles. The fraction of sp³-hybridized carbons (Fsp3) is 0.552. The second-order valence-electron chi connectivity index (χ2n) is 10.5. The molecule has 0 saturated heterocycles. The highest BCUT2D eigenvalue weighted by Gasteiger charge is 2.30. The van der Waals surface area contributed by atoms with E-state index in [4.69, 9.17) is 9.47 Å². The van der Waals surface area contributed by atoms with Crippen LogP contribution in [0, 0.1) is 12.8 Å². The number of aliphatic hydroxyl groups is 1. The molecule has 2 aromatic rings. The Morgan fingerprint density at radius 3 is 2.51 bits per heavy atom. The summed E-state index contributed by atoms with van der Waals surface area (Å²) >= 11 is 0. The molecule has 0 aromatic heterocycles. The second kappa shape index (κ2) is 14.1. The molecule has 3 rings (SSSR count). The molecule has 3 N–H and O–H groups in total. The van der Waals surface area contributed by atoms with Crippen molar-refractivity contribution in [2.75, 3.05) is 38.1 Å². The normalized spacial score (nSPS) is 22.4. The van der Waals surface area contributed by atoms with Gasteiger partial charge in [0.25, 0.3) is 15.9 Å². The first-order chi connectivity index (χ1) is 18.6. The summed E-state index contributed by atoms with van der Waals surface area (Å²) in [6, 6.07) is 10.8. The number of aryl methyl sites for hydroxylation is 1. The molecule has 0 fully saturated rings. The molecule has 1 aliphatic heterocycles. The quantitative estimate of drug-likeness (QED) is 0.471. The van der Waals surface area contributed by atoms with E-state index in [1.807, 2.05) is 27.8 Å². The fourth-order valence-corrected chi connectivity index (χ4v) is 5.66. The van der Waals surface area contributed by atoms with Crippen LogP contribution < -0.4 is 14.8 Å². The number of likely N-dealkylation sites (N-methyl/N-ethyl adjacent to an activating group) is 1. The highest BCUT2D eigenvalue weighted by Crippen LogP contribution is 2.29. The first-order valence-corrected chi connectivity index (χ1v) is 15.1. The van der Waals surface area contributed by atoms with E-state index in [1.165, 1.54) is 6.07 Å². The molecule has 0 aliphatic carbocycles. The van der Waals surface area contributed by atoms with Gasteiger partial charge in [-0.05, 0) is 77.4 Å². The van der Waals surface area contributed by atoms with Gasteiger partial charge in [-0.2, -0.15) is 0 Å². The van der Waals surface area contributed by atoms with Crippen molar-refractivity contribution >= 4 is 21.6 Å². The van der Waals surface area contributed by atoms with E-state index >= 15 is 0 Å². The molecule has 1 aliphatic rings. The number of benzene rings is 2. The van der Waals surface area contributed by atoms with Crippen molar-refractivity contribution in [3.05, 3.63) is 53.6 Å². The maximum atomic E-state index is 14.1. The monoisotopic (exact) mass is 561 g/mol. The SMILES string of the molecule is CNC[C@H]1OCCCC[C@@H](C)Oc2ccc(NS(=O)(=O)c3ccc(C)cc3)cc2C(=O)N([C@@H](C)CO)C[C@@H]1C. The van der Waals surface area contributed by atoms with Crippen molar-refractivity contribution < 1.29 is 27.8 Å². The smallest absolute Gasteiger partial charge is 0.261 e. The second-order valence-corrected chi connectivity index (χ2v) is 12.2. The fourth-order valence-electron chi connectivity index (χ4n) is 4.61. The van der Waals surface area contributed by atoms with Crippen LogP contribution in [0.2, 0.25) is 0 Å². The lowest BCUT2D eigenvalue weighted by Crippen LogP contribution is -2.47. The lowest BCUT2D eigenvalue weighted by molar-refractivity contribution is -0.000450. The third kappa shape index (κ3) is 8.41. The number of rotatable bonds is 7. The Bertz CT molecular complexity index is 1190. The molecule has 0 saturated carbocycles. The molecular formula is C29H43N3O6S. The Balaban J connectivity index is 2.02. The summed E-state index contributed by atoms with van der Waals surface area (Å²) in [5.41, 5.74) is 1.44. The maximum Gasteiger partial charge on any atom is 0.261 e. The highest BCUT2D eigenvalue weighted by atomic mass is 32.2. The molecule has 216 valence electrons. The molecule has 4 atom stereocenters. The average Bonchev–Trinajstić information content (AvgIpc) is 2.90. The van der Waals surface area contributed by atoms with Crippen molar-refractivity contribution in [1.82, 2.24) is 10.2 Å². The molecule has 39 heavy (non-hydrogen) atoms. The summed E-state index contributed by atoms with van der Waals surface area (Å²) in [6.07, 6.45) is 2.31. The third-order valence-electron chi connectivity index (χ3n) is 7.04. The van der Waals surface area contributed by atoms with Crippen LogP contribution >= 0.6 is 0 Å². The number of nitrogens with one attached hydrogen (secondary N) is 2. The van der Waals surface area contributed by atoms with Crippen molar-refractivity contribution in [2.45, 2.75) is 70.1 Å². The predicted molar refractivity (Wildman–Crippen MR) is 153 cm³/mol. The number of carbonyl (C=O) groups is 1. The van der Waals surface area contributed by atoms with Crippen LogP contribution in [0.4, 0.5) is 5.69 Å². The van der Waals surface area contributed by atoms with Crippen LogP contribution in [0.15, 0.2) is 47.4 Å². The predicted octanol–water partition coefficient (Wildman–Crippen LogP) is 3.81. The summed E-state index contributed by atoms with van der Waals surface area (Å²) in [6.45, 7) is 9.04. The van der Waals surface area contributed by atoms with E-state index in [9.17, 15) is 18.3 Å². The average molecular weight is 562 g/mol. The van der Waals surface area contributed by atoms with Crippen LogP contribution in [0.25, 0.3) is 0 Å². The zero-order chi connectivity index (χ0) is 28.6. The Morgan fingerprint density at radius 2 is 1.85 bits per heavy atom. The van der Waals surface area contributed by atoms with E-state index < -0.39 is 16.1 Å². The number of fused-ring (bicyclic) bond motifs is 1. The van der Waals surface area contributed by atoms with Crippen LogP contribution in [0.3, 0.4) is 0 Å². The number of aliphatic hydroxyl groups excluding tert-OH is 1. The van der Waals surface area contributed by atoms with E-state index in [0.717, 1.165) is 24.8 Å². The lowest BCUT2D eigenvalue weighted by Gasteiger charge is -2.34. The van der Waals surface area contributed by atoms with Crippen LogP contribution in [-0.4, -0.2) is 75.9 Å². The van der Waals surface area contributed by atoms with Crippen molar-refractivity contribution in [2.24, 2.45) is 5.92 Å². The Labute approximate surface area is 232 Å². The van der Waals surface area contributed by atoms with E-state index in [2.05, 4.69) is 10.0 Å². The third-order valence-corrected chi connectivity index (χ3v) is 8.44. The first kappa shape index (κ1) is 30.9. The number of anilines is 1. The molecule has 0 unspecified atom stereocenters. The van der Waals surface area contributed by atoms with Gasteiger partial charge in [-0.3, -0.25) is 9.52 Å². The van der Waals surface area contributed by atoms with E-state index in [0.29, 0.717) is 25.4 Å². The number of amides is 1. The molecule has 0 radical (unpaired) electrons. The van der Waals surface area contributed by atoms with Gasteiger partial charge in [-0.1, -0.05) is 24.6 Å². The van der Waals surface area contributed by atoms with Gasteiger partial charge in [0.15, 0.2) is 0 Å². The summed E-state index contributed by atoms with van der Waals surface area (Å²) in [4.78, 5) is 15.8. The lowest BCUT2D eigenvalue weighted by atomic mass is 10.0. The maximum absolute atomic E-state index is 14.1. The Kier molecular flexibility index (Phi) is 11.2. The molecular weight excluding hydrogens is 518 g/mol. The summed E-state index contributed by atoms with van der Waals surface area (Å²) in [5, 5.41) is 13.2. The molecule has 9 nitrogen and oxygen atoms in total. The molecule has 10 heteroatoms. The van der Waals surface area contributed by atoms with Crippen LogP contribution in [0.1, 0.15) is 56.0 Å². The minimum Gasteiger partial charge on any atom is -0.490 e. The van der Waals surface area contributed by atoms with Gasteiger partial charge in [-0.15, -0.1) is 0 Å². The van der Waals surface area contributed by atoms with Crippen molar-refractivity contribution in [3.8, 4) is 5.75 Å². The number of carbonyl (C=O) groups excluding carboxylic acids is 1. The molecule has 0 bridgehead atoms. The topological polar surface area (TPSA) is 117 Å². The van der Waals surface area contributed by atoms with Gasteiger partial charge in [0.1, 0.15) is 5.75 Å². The van der Waals surface area contributed by atoms with Crippen molar-refractivity contribution in [3.63, 3.8) is 0 Å². The number of hydrogen-bond donors (Lipinski definition) is 3. The van der Waals surface area contributed by atoms with Gasteiger partial charge in [0.2, 0.25) is 0 Å².